The van der Waals surface area contributed by atoms with Gasteiger partial charge in [0.25, 0.3) is 0 Å². The molecule has 3 nitrogen and oxygen atoms in total. The van der Waals surface area contributed by atoms with Gasteiger partial charge in [-0.25, -0.2) is 0 Å². The molecule has 64 valence electrons. The molecule has 1 fully saturated rings. The molecule has 0 bridgehead atoms. The van der Waals surface area contributed by atoms with Crippen LogP contribution in [0.25, 0.3) is 0 Å². The van der Waals surface area contributed by atoms with Crippen LogP contribution in [0.2, 0.25) is 0 Å². The smallest absolute Gasteiger partial charge is 0.223 e. The van der Waals surface area contributed by atoms with Crippen molar-refractivity contribution in [1.82, 2.24) is 5.32 Å². The van der Waals surface area contributed by atoms with Gasteiger partial charge in [-0.3, -0.25) is 4.79 Å². The van der Waals surface area contributed by atoms with E-state index in [2.05, 4.69) is 12.2 Å². The van der Waals surface area contributed by atoms with Gasteiger partial charge in [0.1, 0.15) is 0 Å². The van der Waals surface area contributed by atoms with Crippen molar-refractivity contribution in [3.05, 3.63) is 0 Å². The summed E-state index contributed by atoms with van der Waals surface area (Å²) in [4.78, 5) is 11.2. The number of nitrogens with one attached hydrogen (secondary N) is 1. The van der Waals surface area contributed by atoms with Crippen molar-refractivity contribution in [2.45, 2.75) is 26.3 Å². The van der Waals surface area contributed by atoms with E-state index in [1.165, 1.54) is 0 Å². The molecule has 2 N–H and O–H groups in total. The number of hydrogen-bond acceptors (Lipinski definition) is 2. The molecule has 3 atom stereocenters. The molecule has 1 aliphatic rings. The molecule has 0 aromatic heterocycles. The highest BCUT2D eigenvalue weighted by atomic mass is 16.3. The minimum Gasteiger partial charge on any atom is -0.394 e. The van der Waals surface area contributed by atoms with Crippen LogP contribution in [0.5, 0.6) is 0 Å². The zero-order valence-electron chi connectivity index (χ0n) is 7.00. The summed E-state index contributed by atoms with van der Waals surface area (Å²) in [5, 5.41) is 11.4. The van der Waals surface area contributed by atoms with Gasteiger partial charge in [-0.15, -0.1) is 0 Å². The van der Waals surface area contributed by atoms with Gasteiger partial charge in [-0.1, -0.05) is 6.92 Å². The highest BCUT2D eigenvalue weighted by Crippen LogP contribution is 2.37. The SMILES string of the molecule is CC1CC1C(=O)N[C@@H](C)CO. The molecule has 0 saturated heterocycles. The third-order valence-electron chi connectivity index (χ3n) is 2.11. The number of hydrogen-bond donors (Lipinski definition) is 2. The Morgan fingerprint density at radius 3 is 2.73 bits per heavy atom. The molecule has 0 radical (unpaired) electrons. The molecule has 1 amide bonds. The van der Waals surface area contributed by atoms with Gasteiger partial charge in [0.15, 0.2) is 0 Å². The van der Waals surface area contributed by atoms with Crippen LogP contribution < -0.4 is 5.32 Å². The molecule has 3 heteroatoms. The normalized spacial score (nSPS) is 31.2. The summed E-state index contributed by atoms with van der Waals surface area (Å²) in [7, 11) is 0. The lowest BCUT2D eigenvalue weighted by Crippen LogP contribution is -2.36. The van der Waals surface area contributed by atoms with Gasteiger partial charge in [0, 0.05) is 12.0 Å². The Balaban J connectivity index is 2.21. The summed E-state index contributed by atoms with van der Waals surface area (Å²) in [6, 6.07) is -0.102. The number of carbonyl (C=O) groups excluding carboxylic acids is 1. The summed E-state index contributed by atoms with van der Waals surface area (Å²) < 4.78 is 0. The first-order chi connectivity index (χ1) is 5.15. The van der Waals surface area contributed by atoms with Crippen LogP contribution in [0.15, 0.2) is 0 Å². The molecule has 0 aliphatic heterocycles. The van der Waals surface area contributed by atoms with Crippen LogP contribution in [0.3, 0.4) is 0 Å². The lowest BCUT2D eigenvalue weighted by atomic mass is 10.3. The van der Waals surface area contributed by atoms with Crippen molar-refractivity contribution in [3.63, 3.8) is 0 Å². The average molecular weight is 157 g/mol. The second-order valence-electron chi connectivity index (χ2n) is 3.41. The van der Waals surface area contributed by atoms with Crippen LogP contribution in [0.1, 0.15) is 20.3 Å². The van der Waals surface area contributed by atoms with Crippen molar-refractivity contribution in [2.24, 2.45) is 11.8 Å². The summed E-state index contributed by atoms with van der Waals surface area (Å²) in [6.07, 6.45) is 1.00. The molecule has 1 rings (SSSR count). The number of rotatable bonds is 3. The molecule has 11 heavy (non-hydrogen) atoms. The molecule has 1 saturated carbocycles. The van der Waals surface area contributed by atoms with E-state index in [0.29, 0.717) is 5.92 Å². The quantitative estimate of drug-likeness (QED) is 0.612. The Morgan fingerprint density at radius 2 is 2.36 bits per heavy atom. The van der Waals surface area contributed by atoms with Crippen molar-refractivity contribution >= 4 is 5.91 Å². The Bertz CT molecular complexity index is 158. The maximum absolute atomic E-state index is 11.2. The lowest BCUT2D eigenvalue weighted by Gasteiger charge is -2.09. The predicted molar refractivity (Wildman–Crippen MR) is 42.0 cm³/mol. The zero-order chi connectivity index (χ0) is 8.43. The van der Waals surface area contributed by atoms with E-state index in [-0.39, 0.29) is 24.5 Å². The predicted octanol–water partition coefficient (Wildman–Crippen LogP) is 0.139. The summed E-state index contributed by atoms with van der Waals surface area (Å²) in [6.45, 7) is 3.88. The minimum atomic E-state index is -0.102. The maximum Gasteiger partial charge on any atom is 0.223 e. The van der Waals surface area contributed by atoms with Gasteiger partial charge in [0.2, 0.25) is 5.91 Å². The Hall–Kier alpha value is -0.570. The number of amides is 1. The van der Waals surface area contributed by atoms with E-state index in [4.69, 9.17) is 5.11 Å². The summed E-state index contributed by atoms with van der Waals surface area (Å²) in [5.41, 5.74) is 0. The third-order valence-corrected chi connectivity index (χ3v) is 2.11. The monoisotopic (exact) mass is 157 g/mol. The van der Waals surface area contributed by atoms with Gasteiger partial charge in [-0.2, -0.15) is 0 Å². The van der Waals surface area contributed by atoms with Crippen LogP contribution in [0.4, 0.5) is 0 Å². The summed E-state index contributed by atoms with van der Waals surface area (Å²) >= 11 is 0. The van der Waals surface area contributed by atoms with Gasteiger partial charge < -0.3 is 10.4 Å². The second-order valence-corrected chi connectivity index (χ2v) is 3.41. The van der Waals surface area contributed by atoms with Crippen LogP contribution in [-0.4, -0.2) is 23.7 Å². The molecular formula is C8H15NO2. The van der Waals surface area contributed by atoms with Crippen LogP contribution in [0, 0.1) is 11.8 Å². The third kappa shape index (κ3) is 2.19. The van der Waals surface area contributed by atoms with E-state index in [0.717, 1.165) is 6.42 Å². The van der Waals surface area contributed by atoms with E-state index >= 15 is 0 Å². The van der Waals surface area contributed by atoms with Gasteiger partial charge in [0.05, 0.1) is 6.61 Å². The average Bonchev–Trinajstić information content (AvgIpc) is 2.66. The topological polar surface area (TPSA) is 49.3 Å². The standard InChI is InChI=1S/C8H15NO2/c1-5-3-7(5)8(11)9-6(2)4-10/h5-7,10H,3-4H2,1-2H3,(H,9,11)/t5?,6-,7?/m0/s1. The number of carbonyl (C=O) groups is 1. The first kappa shape index (κ1) is 8.53. The van der Waals surface area contributed by atoms with Crippen LogP contribution in [-0.2, 0) is 4.79 Å². The molecule has 0 aromatic rings. The second kappa shape index (κ2) is 3.22. The van der Waals surface area contributed by atoms with Crippen molar-refractivity contribution < 1.29 is 9.90 Å². The fourth-order valence-corrected chi connectivity index (χ4v) is 1.08. The molecule has 0 spiro atoms. The number of aliphatic hydroxyl groups excluding tert-OH is 1. The molecular weight excluding hydrogens is 142 g/mol. The fraction of sp³-hybridized carbons (Fsp3) is 0.875. The van der Waals surface area contributed by atoms with E-state index in [9.17, 15) is 4.79 Å². The lowest BCUT2D eigenvalue weighted by molar-refractivity contribution is -0.123. The first-order valence-corrected chi connectivity index (χ1v) is 4.06. The Labute approximate surface area is 66.8 Å². The molecule has 1 aliphatic carbocycles. The van der Waals surface area contributed by atoms with Gasteiger partial charge in [-0.05, 0) is 19.3 Å². The summed E-state index contributed by atoms with van der Waals surface area (Å²) in [5.74, 6) is 0.851. The van der Waals surface area contributed by atoms with E-state index in [1.54, 1.807) is 6.92 Å². The van der Waals surface area contributed by atoms with E-state index in [1.807, 2.05) is 0 Å². The molecule has 2 unspecified atom stereocenters. The Morgan fingerprint density at radius 1 is 1.82 bits per heavy atom. The minimum absolute atomic E-state index is 0.0207. The van der Waals surface area contributed by atoms with Gasteiger partial charge >= 0.3 is 0 Å². The van der Waals surface area contributed by atoms with E-state index < -0.39 is 0 Å². The maximum atomic E-state index is 11.2. The number of aliphatic hydroxyl groups is 1. The zero-order valence-corrected chi connectivity index (χ0v) is 7.00. The highest BCUT2D eigenvalue weighted by molar-refractivity contribution is 5.81. The van der Waals surface area contributed by atoms with Crippen molar-refractivity contribution in [2.75, 3.05) is 6.61 Å². The molecule has 0 heterocycles. The highest BCUT2D eigenvalue weighted by Gasteiger charge is 2.39. The van der Waals surface area contributed by atoms with Crippen molar-refractivity contribution in [3.8, 4) is 0 Å². The van der Waals surface area contributed by atoms with Crippen LogP contribution >= 0.6 is 0 Å². The largest absolute Gasteiger partial charge is 0.394 e. The fourth-order valence-electron chi connectivity index (χ4n) is 1.08. The molecule has 0 aromatic carbocycles. The Kier molecular flexibility index (Phi) is 2.49. The first-order valence-electron chi connectivity index (χ1n) is 4.06. The van der Waals surface area contributed by atoms with Crippen molar-refractivity contribution in [1.29, 1.82) is 0 Å².